The first-order chi connectivity index (χ1) is 10.1. The van der Waals surface area contributed by atoms with Crippen LogP contribution in [-0.2, 0) is 6.42 Å². The maximum atomic E-state index is 6.14. The zero-order chi connectivity index (χ0) is 15.0. The lowest BCUT2D eigenvalue weighted by molar-refractivity contribution is 0.731. The Balaban J connectivity index is 2.18. The predicted octanol–water partition coefficient (Wildman–Crippen LogP) is 5.05. The van der Waals surface area contributed by atoms with Crippen molar-refractivity contribution in [3.05, 3.63) is 39.5 Å². The number of aromatic nitrogens is 2. The van der Waals surface area contributed by atoms with Gasteiger partial charge in [-0.1, -0.05) is 37.0 Å². The number of anilines is 1. The molecule has 2 aromatic rings. The first-order valence-electron chi connectivity index (χ1n) is 7.38. The zero-order valence-corrected chi connectivity index (χ0v) is 13.8. The summed E-state index contributed by atoms with van der Waals surface area (Å²) in [5.74, 6) is 1.49. The first kappa shape index (κ1) is 14.7. The van der Waals surface area contributed by atoms with Gasteiger partial charge in [-0.2, -0.15) is 5.10 Å². The third-order valence-electron chi connectivity index (χ3n) is 3.80. The van der Waals surface area contributed by atoms with Gasteiger partial charge in [0.25, 0.3) is 0 Å². The summed E-state index contributed by atoms with van der Waals surface area (Å²) in [6.45, 7) is 5.34. The van der Waals surface area contributed by atoms with Gasteiger partial charge >= 0.3 is 0 Å². The zero-order valence-electron chi connectivity index (χ0n) is 12.3. The lowest BCUT2D eigenvalue weighted by Gasteiger charge is -2.10. The van der Waals surface area contributed by atoms with E-state index in [0.717, 1.165) is 30.2 Å². The molecule has 5 heteroatoms. The normalized spacial score (nSPS) is 14.7. The Bertz CT molecular complexity index is 642. The number of benzene rings is 1. The maximum Gasteiger partial charge on any atom is 0.133 e. The average Bonchev–Trinajstić information content (AvgIpc) is 2.60. The summed E-state index contributed by atoms with van der Waals surface area (Å²) in [7, 11) is 0. The smallest absolute Gasteiger partial charge is 0.133 e. The molecule has 0 fully saturated rings. The largest absolute Gasteiger partial charge is 0.370 e. The Labute approximate surface area is 135 Å². The third kappa shape index (κ3) is 2.90. The van der Waals surface area contributed by atoms with E-state index < -0.39 is 0 Å². The van der Waals surface area contributed by atoms with Gasteiger partial charge in [-0.05, 0) is 43.4 Å². The van der Waals surface area contributed by atoms with Crippen LogP contribution >= 0.6 is 23.2 Å². The molecular formula is C16H19Cl2N3. The standard InChI is InChI=1S/C16H19Cl2N3/c1-10(2)15-14-5-3-4-6-19-16(14)21(20-15)13-8-11(17)7-12(18)9-13/h7-10,19H,3-6H2,1-2H3. The van der Waals surface area contributed by atoms with Gasteiger partial charge in [-0.15, -0.1) is 0 Å². The number of nitrogens with zero attached hydrogens (tertiary/aromatic N) is 2. The summed E-state index contributed by atoms with van der Waals surface area (Å²) in [6.07, 6.45) is 3.45. The Morgan fingerprint density at radius 3 is 2.52 bits per heavy atom. The highest BCUT2D eigenvalue weighted by atomic mass is 35.5. The van der Waals surface area contributed by atoms with Gasteiger partial charge in [0, 0.05) is 22.2 Å². The minimum absolute atomic E-state index is 0.398. The van der Waals surface area contributed by atoms with Crippen molar-refractivity contribution in [1.29, 1.82) is 0 Å². The van der Waals surface area contributed by atoms with E-state index in [1.165, 1.54) is 18.4 Å². The molecule has 0 unspecified atom stereocenters. The van der Waals surface area contributed by atoms with E-state index in [1.807, 2.05) is 16.8 Å². The fraction of sp³-hybridized carbons (Fsp3) is 0.438. The maximum absolute atomic E-state index is 6.14. The van der Waals surface area contributed by atoms with Crippen LogP contribution in [0.25, 0.3) is 5.69 Å². The van der Waals surface area contributed by atoms with E-state index in [9.17, 15) is 0 Å². The molecule has 3 nitrogen and oxygen atoms in total. The lowest BCUT2D eigenvalue weighted by Crippen LogP contribution is -2.07. The molecule has 0 atom stereocenters. The van der Waals surface area contributed by atoms with Gasteiger partial charge in [-0.3, -0.25) is 0 Å². The lowest BCUT2D eigenvalue weighted by atomic mass is 10.0. The summed E-state index contributed by atoms with van der Waals surface area (Å²) >= 11 is 12.3. The number of fused-ring (bicyclic) bond motifs is 1. The molecule has 1 aliphatic rings. The number of rotatable bonds is 2. The minimum Gasteiger partial charge on any atom is -0.370 e. The van der Waals surface area contributed by atoms with Crippen molar-refractivity contribution < 1.29 is 0 Å². The monoisotopic (exact) mass is 323 g/mol. The van der Waals surface area contributed by atoms with Crippen molar-refractivity contribution in [1.82, 2.24) is 9.78 Å². The molecule has 0 saturated carbocycles. The molecule has 21 heavy (non-hydrogen) atoms. The summed E-state index contributed by atoms with van der Waals surface area (Å²) in [5.41, 5.74) is 3.40. The molecule has 1 aromatic carbocycles. The van der Waals surface area contributed by atoms with E-state index in [1.54, 1.807) is 6.07 Å². The van der Waals surface area contributed by atoms with E-state index in [4.69, 9.17) is 28.3 Å². The molecule has 0 amide bonds. The Hall–Kier alpha value is -1.19. The van der Waals surface area contributed by atoms with Crippen LogP contribution in [0.2, 0.25) is 10.0 Å². The third-order valence-corrected chi connectivity index (χ3v) is 4.24. The average molecular weight is 324 g/mol. The molecule has 1 N–H and O–H groups in total. The second-order valence-corrected chi connectivity index (χ2v) is 6.66. The van der Waals surface area contributed by atoms with Gasteiger partial charge in [0.15, 0.2) is 0 Å². The number of hydrogen-bond donors (Lipinski definition) is 1. The van der Waals surface area contributed by atoms with Crippen LogP contribution in [0.4, 0.5) is 5.82 Å². The van der Waals surface area contributed by atoms with Crippen LogP contribution in [0.5, 0.6) is 0 Å². The number of hydrogen-bond acceptors (Lipinski definition) is 2. The molecule has 0 bridgehead atoms. The van der Waals surface area contributed by atoms with Crippen LogP contribution in [0.1, 0.15) is 43.9 Å². The molecule has 3 rings (SSSR count). The van der Waals surface area contributed by atoms with E-state index >= 15 is 0 Å². The molecule has 1 aliphatic heterocycles. The first-order valence-corrected chi connectivity index (χ1v) is 8.14. The van der Waals surface area contributed by atoms with Gasteiger partial charge in [0.2, 0.25) is 0 Å². The Kier molecular flexibility index (Phi) is 4.14. The summed E-state index contributed by atoms with van der Waals surface area (Å²) in [6, 6.07) is 5.54. The second kappa shape index (κ2) is 5.90. The summed E-state index contributed by atoms with van der Waals surface area (Å²) in [4.78, 5) is 0. The van der Waals surface area contributed by atoms with Gasteiger partial charge < -0.3 is 5.32 Å². The molecule has 0 radical (unpaired) electrons. The van der Waals surface area contributed by atoms with Gasteiger partial charge in [0.1, 0.15) is 5.82 Å². The molecule has 0 aliphatic carbocycles. The van der Waals surface area contributed by atoms with Crippen molar-refractivity contribution in [2.45, 2.75) is 39.0 Å². The second-order valence-electron chi connectivity index (χ2n) is 5.79. The van der Waals surface area contributed by atoms with Crippen LogP contribution in [-0.4, -0.2) is 16.3 Å². The number of halogens is 2. The summed E-state index contributed by atoms with van der Waals surface area (Å²) < 4.78 is 1.95. The van der Waals surface area contributed by atoms with Crippen molar-refractivity contribution in [3.63, 3.8) is 0 Å². The van der Waals surface area contributed by atoms with Crippen LogP contribution in [0.3, 0.4) is 0 Å². The highest BCUT2D eigenvalue weighted by Gasteiger charge is 2.22. The molecular weight excluding hydrogens is 305 g/mol. The van der Waals surface area contributed by atoms with E-state index in [-0.39, 0.29) is 0 Å². The molecule has 1 aromatic heterocycles. The van der Waals surface area contributed by atoms with E-state index in [0.29, 0.717) is 16.0 Å². The Morgan fingerprint density at radius 1 is 1.14 bits per heavy atom. The number of nitrogens with one attached hydrogen (secondary N) is 1. The molecule has 0 spiro atoms. The highest BCUT2D eigenvalue weighted by Crippen LogP contribution is 2.33. The topological polar surface area (TPSA) is 29.9 Å². The van der Waals surface area contributed by atoms with Crippen molar-refractivity contribution in [2.24, 2.45) is 0 Å². The van der Waals surface area contributed by atoms with Crippen LogP contribution < -0.4 is 5.32 Å². The van der Waals surface area contributed by atoms with Crippen molar-refractivity contribution in [2.75, 3.05) is 11.9 Å². The highest BCUT2D eigenvalue weighted by molar-refractivity contribution is 6.34. The quantitative estimate of drug-likeness (QED) is 0.837. The fourth-order valence-electron chi connectivity index (χ4n) is 2.84. The van der Waals surface area contributed by atoms with Crippen molar-refractivity contribution >= 4 is 29.0 Å². The molecule has 112 valence electrons. The van der Waals surface area contributed by atoms with E-state index in [2.05, 4.69) is 19.2 Å². The minimum atomic E-state index is 0.398. The van der Waals surface area contributed by atoms with Gasteiger partial charge in [-0.25, -0.2) is 4.68 Å². The van der Waals surface area contributed by atoms with Crippen LogP contribution in [0, 0.1) is 0 Å². The molecule has 2 heterocycles. The molecule has 0 saturated heterocycles. The van der Waals surface area contributed by atoms with Crippen molar-refractivity contribution in [3.8, 4) is 5.69 Å². The SMILES string of the molecule is CC(C)c1nn(-c2cc(Cl)cc(Cl)c2)c2c1CCCCN2. The Morgan fingerprint density at radius 2 is 1.86 bits per heavy atom. The van der Waals surface area contributed by atoms with Crippen LogP contribution in [0.15, 0.2) is 18.2 Å². The van der Waals surface area contributed by atoms with Gasteiger partial charge in [0.05, 0.1) is 11.4 Å². The predicted molar refractivity (Wildman–Crippen MR) is 89.1 cm³/mol. The fourth-order valence-corrected chi connectivity index (χ4v) is 3.36. The summed E-state index contributed by atoms with van der Waals surface area (Å²) in [5, 5.41) is 9.60.